The molecule has 0 spiro atoms. The minimum absolute atomic E-state index is 0.0967. The van der Waals surface area contributed by atoms with Crippen LogP contribution in [0.1, 0.15) is 22.8 Å². The van der Waals surface area contributed by atoms with Gasteiger partial charge in [0.1, 0.15) is 5.75 Å². The molecule has 0 fully saturated rings. The van der Waals surface area contributed by atoms with Crippen LogP contribution in [0.4, 0.5) is 0 Å². The average molecular weight is 236 g/mol. The van der Waals surface area contributed by atoms with Crippen molar-refractivity contribution in [3.63, 3.8) is 0 Å². The van der Waals surface area contributed by atoms with Gasteiger partial charge in [0.25, 0.3) is 5.91 Å². The summed E-state index contributed by atoms with van der Waals surface area (Å²) in [4.78, 5) is 13.7. The minimum Gasteiger partial charge on any atom is -0.508 e. The molecule has 94 valence electrons. The van der Waals surface area contributed by atoms with Gasteiger partial charge in [-0.3, -0.25) is 4.79 Å². The number of aromatic hydroxyl groups is 1. The van der Waals surface area contributed by atoms with Gasteiger partial charge in [-0.15, -0.1) is 0 Å². The van der Waals surface area contributed by atoms with Crippen molar-refractivity contribution in [1.29, 1.82) is 0 Å². The van der Waals surface area contributed by atoms with Crippen molar-refractivity contribution in [2.24, 2.45) is 11.7 Å². The maximum absolute atomic E-state index is 12.0. The van der Waals surface area contributed by atoms with Crippen LogP contribution in [0.5, 0.6) is 5.75 Å². The first kappa shape index (κ1) is 13.5. The number of amides is 1. The number of benzene rings is 1. The summed E-state index contributed by atoms with van der Waals surface area (Å²) in [7, 11) is 1.74. The molecule has 0 aliphatic carbocycles. The van der Waals surface area contributed by atoms with E-state index in [0.29, 0.717) is 18.7 Å². The van der Waals surface area contributed by atoms with Gasteiger partial charge in [0, 0.05) is 19.2 Å². The van der Waals surface area contributed by atoms with Crippen LogP contribution in [0, 0.1) is 12.8 Å². The molecular formula is C13H20N2O2. The topological polar surface area (TPSA) is 66.6 Å². The van der Waals surface area contributed by atoms with Crippen LogP contribution < -0.4 is 5.73 Å². The van der Waals surface area contributed by atoms with Crippen LogP contribution in [0.25, 0.3) is 0 Å². The van der Waals surface area contributed by atoms with Gasteiger partial charge >= 0.3 is 0 Å². The van der Waals surface area contributed by atoms with Crippen LogP contribution in [-0.2, 0) is 0 Å². The molecule has 4 heteroatoms. The summed E-state index contributed by atoms with van der Waals surface area (Å²) < 4.78 is 0. The highest BCUT2D eigenvalue weighted by atomic mass is 16.3. The number of aryl methyl sites for hydroxylation is 1. The summed E-state index contributed by atoms with van der Waals surface area (Å²) in [5.74, 6) is 0.319. The molecule has 1 atom stereocenters. The second-order valence-corrected chi connectivity index (χ2v) is 4.53. The molecule has 1 amide bonds. The Balaban J connectivity index is 2.78. The Bertz CT molecular complexity index is 404. The lowest BCUT2D eigenvalue weighted by Crippen LogP contribution is -2.33. The van der Waals surface area contributed by atoms with Crippen molar-refractivity contribution in [3.8, 4) is 5.75 Å². The molecule has 1 unspecified atom stereocenters. The predicted molar refractivity (Wildman–Crippen MR) is 68.0 cm³/mol. The summed E-state index contributed by atoms with van der Waals surface area (Å²) in [5, 5.41) is 9.57. The van der Waals surface area contributed by atoms with E-state index in [1.807, 2.05) is 6.92 Å². The van der Waals surface area contributed by atoms with E-state index in [4.69, 9.17) is 5.73 Å². The second kappa shape index (κ2) is 5.68. The molecule has 1 aromatic rings. The van der Waals surface area contributed by atoms with Crippen molar-refractivity contribution in [3.05, 3.63) is 29.3 Å². The van der Waals surface area contributed by atoms with Gasteiger partial charge in [-0.25, -0.2) is 0 Å². The normalized spacial score (nSPS) is 12.2. The molecule has 0 saturated carbocycles. The van der Waals surface area contributed by atoms with Crippen LogP contribution in [0.15, 0.2) is 18.2 Å². The molecule has 0 aromatic heterocycles. The van der Waals surface area contributed by atoms with E-state index in [1.54, 1.807) is 31.0 Å². The smallest absolute Gasteiger partial charge is 0.253 e. The van der Waals surface area contributed by atoms with Crippen LogP contribution in [-0.4, -0.2) is 36.1 Å². The Labute approximate surface area is 102 Å². The molecule has 3 N–H and O–H groups in total. The zero-order valence-corrected chi connectivity index (χ0v) is 10.6. The lowest BCUT2D eigenvalue weighted by molar-refractivity contribution is 0.0777. The summed E-state index contributed by atoms with van der Waals surface area (Å²) in [6.07, 6.45) is 0. The quantitative estimate of drug-likeness (QED) is 0.829. The third kappa shape index (κ3) is 3.46. The average Bonchev–Trinajstić information content (AvgIpc) is 2.31. The first-order valence-corrected chi connectivity index (χ1v) is 5.70. The number of rotatable bonds is 4. The third-order valence-corrected chi connectivity index (χ3v) is 2.79. The van der Waals surface area contributed by atoms with Crippen molar-refractivity contribution >= 4 is 5.91 Å². The highest BCUT2D eigenvalue weighted by Gasteiger charge is 2.14. The predicted octanol–water partition coefficient (Wildman–Crippen LogP) is 1.37. The Morgan fingerprint density at radius 3 is 2.71 bits per heavy atom. The molecule has 1 aromatic carbocycles. The van der Waals surface area contributed by atoms with Crippen LogP contribution in [0.3, 0.4) is 0 Å². The van der Waals surface area contributed by atoms with Gasteiger partial charge in [0.05, 0.1) is 0 Å². The fraction of sp³-hybridized carbons (Fsp3) is 0.462. The molecule has 0 aliphatic heterocycles. The number of nitrogens with two attached hydrogens (primary N) is 1. The third-order valence-electron chi connectivity index (χ3n) is 2.79. The maximum Gasteiger partial charge on any atom is 0.253 e. The van der Waals surface area contributed by atoms with E-state index >= 15 is 0 Å². The molecule has 0 saturated heterocycles. The Morgan fingerprint density at radius 1 is 1.53 bits per heavy atom. The van der Waals surface area contributed by atoms with Crippen molar-refractivity contribution in [2.45, 2.75) is 13.8 Å². The standard InChI is InChI=1S/C13H20N2O2/c1-9(7-14)8-15(3)13(17)11-5-4-10(2)12(16)6-11/h4-6,9,16H,7-8,14H2,1-3H3. The van der Waals surface area contributed by atoms with E-state index in [1.165, 1.54) is 6.07 Å². The van der Waals surface area contributed by atoms with Crippen molar-refractivity contribution in [2.75, 3.05) is 20.1 Å². The van der Waals surface area contributed by atoms with Crippen LogP contribution in [0.2, 0.25) is 0 Å². The van der Waals surface area contributed by atoms with E-state index in [0.717, 1.165) is 5.56 Å². The van der Waals surface area contributed by atoms with E-state index < -0.39 is 0 Å². The van der Waals surface area contributed by atoms with Gasteiger partial charge in [0.2, 0.25) is 0 Å². The summed E-state index contributed by atoms with van der Waals surface area (Å²) in [6.45, 7) is 4.96. The number of hydrogen-bond donors (Lipinski definition) is 2. The first-order chi connectivity index (χ1) is 7.95. The van der Waals surface area contributed by atoms with Crippen LogP contribution >= 0.6 is 0 Å². The van der Waals surface area contributed by atoms with Gasteiger partial charge in [-0.1, -0.05) is 13.0 Å². The lowest BCUT2D eigenvalue weighted by Gasteiger charge is -2.20. The van der Waals surface area contributed by atoms with Gasteiger partial charge in [-0.05, 0) is 37.1 Å². The molecule has 0 radical (unpaired) electrons. The zero-order chi connectivity index (χ0) is 13.0. The highest BCUT2D eigenvalue weighted by molar-refractivity contribution is 5.94. The summed E-state index contributed by atoms with van der Waals surface area (Å²) >= 11 is 0. The number of carbonyl (C=O) groups excluding carboxylic acids is 1. The molecule has 0 aliphatic rings. The van der Waals surface area contributed by atoms with Crippen molar-refractivity contribution in [1.82, 2.24) is 4.90 Å². The SMILES string of the molecule is Cc1ccc(C(=O)N(C)CC(C)CN)cc1O. The summed E-state index contributed by atoms with van der Waals surface area (Å²) in [5.41, 5.74) is 6.79. The van der Waals surface area contributed by atoms with Gasteiger partial charge < -0.3 is 15.7 Å². The zero-order valence-electron chi connectivity index (χ0n) is 10.6. The summed E-state index contributed by atoms with van der Waals surface area (Å²) in [6, 6.07) is 4.96. The molecule has 4 nitrogen and oxygen atoms in total. The van der Waals surface area contributed by atoms with E-state index in [-0.39, 0.29) is 17.6 Å². The molecule has 17 heavy (non-hydrogen) atoms. The molecule has 1 rings (SSSR count). The van der Waals surface area contributed by atoms with E-state index in [2.05, 4.69) is 0 Å². The monoisotopic (exact) mass is 236 g/mol. The second-order valence-electron chi connectivity index (χ2n) is 4.53. The molecule has 0 heterocycles. The number of hydrogen-bond acceptors (Lipinski definition) is 3. The van der Waals surface area contributed by atoms with E-state index in [9.17, 15) is 9.90 Å². The Morgan fingerprint density at radius 2 is 2.18 bits per heavy atom. The highest BCUT2D eigenvalue weighted by Crippen LogP contribution is 2.18. The van der Waals surface area contributed by atoms with Crippen molar-refractivity contribution < 1.29 is 9.90 Å². The first-order valence-electron chi connectivity index (χ1n) is 5.70. The minimum atomic E-state index is -0.0967. The number of phenolic OH excluding ortho intramolecular Hbond substituents is 1. The largest absolute Gasteiger partial charge is 0.508 e. The molecular weight excluding hydrogens is 216 g/mol. The number of carbonyl (C=O) groups is 1. The number of nitrogens with zero attached hydrogens (tertiary/aromatic N) is 1. The lowest BCUT2D eigenvalue weighted by atomic mass is 10.1. The Kier molecular flexibility index (Phi) is 4.52. The van der Waals surface area contributed by atoms with Gasteiger partial charge in [-0.2, -0.15) is 0 Å². The fourth-order valence-electron chi connectivity index (χ4n) is 1.59. The molecule has 0 bridgehead atoms. The fourth-order valence-corrected chi connectivity index (χ4v) is 1.59. The Hall–Kier alpha value is -1.55. The van der Waals surface area contributed by atoms with Gasteiger partial charge in [0.15, 0.2) is 0 Å². The number of phenols is 1. The maximum atomic E-state index is 12.0.